The van der Waals surface area contributed by atoms with Crippen molar-refractivity contribution in [3.8, 4) is 11.5 Å². The molecular weight excluding hydrogens is 1110 g/mol. The molecule has 5 aliphatic rings. The van der Waals surface area contributed by atoms with E-state index in [9.17, 15) is 0 Å². The van der Waals surface area contributed by atoms with Gasteiger partial charge in [0.15, 0.2) is 0 Å². The minimum atomic E-state index is -0.187. The Morgan fingerprint density at radius 3 is 0.966 bits per heavy atom. The van der Waals surface area contributed by atoms with Crippen LogP contribution in [0.4, 0.5) is 68.2 Å². The summed E-state index contributed by atoms with van der Waals surface area (Å²) in [4.78, 5) is 15.0. The predicted molar refractivity (Wildman–Crippen MR) is 373 cm³/mol. The first-order valence-electron chi connectivity index (χ1n) is 30.2. The maximum atomic E-state index is 6.98. The van der Waals surface area contributed by atoms with Crippen molar-refractivity contribution in [2.24, 2.45) is 0 Å². The summed E-state index contributed by atoms with van der Waals surface area (Å²) in [5, 5.41) is 0. The molecule has 0 radical (unpaired) electrons. The van der Waals surface area contributed by atoms with E-state index in [4.69, 9.17) is 4.74 Å². The summed E-state index contributed by atoms with van der Waals surface area (Å²) in [6.45, 7) is -0.435. The highest BCUT2D eigenvalue weighted by molar-refractivity contribution is 8.01. The van der Waals surface area contributed by atoms with Crippen molar-refractivity contribution in [1.82, 2.24) is 0 Å². The molecule has 10 heteroatoms. The van der Waals surface area contributed by atoms with Gasteiger partial charge in [-0.1, -0.05) is 223 Å². The summed E-state index contributed by atoms with van der Waals surface area (Å²) in [5.41, 5.74) is 25.0. The van der Waals surface area contributed by atoms with Crippen LogP contribution in [-0.4, -0.2) is 20.1 Å². The summed E-state index contributed by atoms with van der Waals surface area (Å²) in [6.07, 6.45) is 0. The largest absolute Gasteiger partial charge is 0.458 e. The van der Waals surface area contributed by atoms with Crippen LogP contribution in [0.3, 0.4) is 0 Å². The Hall–Kier alpha value is -10.2. The molecule has 0 saturated heterocycles. The van der Waals surface area contributed by atoms with Crippen LogP contribution in [0.2, 0.25) is 0 Å². The summed E-state index contributed by atoms with van der Waals surface area (Å²) in [7, 11) is 0. The Labute approximate surface area is 522 Å². The maximum Gasteiger partial charge on any atom is 0.253 e. The summed E-state index contributed by atoms with van der Waals surface area (Å²) >= 11 is 3.91. The molecule has 0 amide bonds. The molecule has 0 aliphatic carbocycles. The van der Waals surface area contributed by atoms with Gasteiger partial charge in [0.25, 0.3) is 6.71 Å². The Bertz CT molecular complexity index is 4510. The van der Waals surface area contributed by atoms with Crippen molar-refractivity contribution in [2.45, 2.75) is 19.6 Å². The number of ether oxygens (including phenoxy) is 1. The standard InChI is InChI=1S/C78H51B3N4OS2/c1-7-27-52(28-8-1)82(53-29-9-2-10-30-53)58-47-68-74-72(49-58)87-77-64(79(74)60-39-19-23-43-66(60)84(68)56-35-15-5-16-36-56)51-65-78(76(77)81-62-41-21-25-45-70(62)86-71-46-26-22-42-63(71)81)88-73-50-59(83(54-31-11-3-12-32-54)55-33-13-4-14-34-55)48-69-75(73)80(65)61-40-20-24-44-67(61)85(69)57-37-17-6-18-38-57/h1-51H. The highest BCUT2D eigenvalue weighted by Crippen LogP contribution is 2.50. The molecule has 5 nitrogen and oxygen atoms in total. The van der Waals surface area contributed by atoms with E-state index < -0.39 is 0 Å². The minimum absolute atomic E-state index is 0.124. The van der Waals surface area contributed by atoms with Crippen LogP contribution in [0.1, 0.15) is 0 Å². The topological polar surface area (TPSA) is 22.2 Å². The van der Waals surface area contributed by atoms with Crippen molar-refractivity contribution in [2.75, 3.05) is 19.6 Å². The van der Waals surface area contributed by atoms with Gasteiger partial charge < -0.3 is 24.3 Å². The van der Waals surface area contributed by atoms with E-state index in [1.165, 1.54) is 80.6 Å². The number of hydrogen-bond donors (Lipinski definition) is 0. The van der Waals surface area contributed by atoms with E-state index in [1.54, 1.807) is 0 Å². The zero-order valence-corrected chi connectivity index (χ0v) is 49.3. The first kappa shape index (κ1) is 51.0. The zero-order chi connectivity index (χ0) is 57.8. The molecule has 13 aromatic rings. The molecule has 0 unspecified atom stereocenters. The molecule has 18 rings (SSSR count). The fraction of sp³-hybridized carbons (Fsp3) is 0. The van der Waals surface area contributed by atoms with Gasteiger partial charge in [0.1, 0.15) is 11.5 Å². The molecule has 13 aromatic carbocycles. The number of nitrogens with zero attached hydrogens (tertiary/aromatic N) is 4. The highest BCUT2D eigenvalue weighted by atomic mass is 32.2. The Morgan fingerprint density at radius 2 is 0.580 bits per heavy atom. The van der Waals surface area contributed by atoms with E-state index in [0.717, 1.165) is 67.9 Å². The van der Waals surface area contributed by atoms with Crippen LogP contribution in [0.15, 0.2) is 329 Å². The van der Waals surface area contributed by atoms with Crippen molar-refractivity contribution in [3.05, 3.63) is 309 Å². The molecule has 5 heterocycles. The second-order valence-electron chi connectivity index (χ2n) is 23.0. The lowest BCUT2D eigenvalue weighted by Gasteiger charge is -2.44. The summed E-state index contributed by atoms with van der Waals surface area (Å²) in [5.74, 6) is 1.78. The average Bonchev–Trinajstić information content (AvgIpc) is 0.744. The Balaban J connectivity index is 0.962. The van der Waals surface area contributed by atoms with Crippen LogP contribution in [0, 0.1) is 0 Å². The number of hydrogen-bond acceptors (Lipinski definition) is 7. The summed E-state index contributed by atoms with van der Waals surface area (Å²) in [6, 6.07) is 114. The molecule has 0 aromatic heterocycles. The Kier molecular flexibility index (Phi) is 12.0. The first-order chi connectivity index (χ1) is 43.7. The van der Waals surface area contributed by atoms with Crippen LogP contribution in [0.5, 0.6) is 11.5 Å². The molecule has 0 bridgehead atoms. The second kappa shape index (κ2) is 20.7. The number of anilines is 12. The van der Waals surface area contributed by atoms with Gasteiger partial charge in [0, 0.05) is 87.8 Å². The van der Waals surface area contributed by atoms with Crippen LogP contribution >= 0.6 is 23.5 Å². The van der Waals surface area contributed by atoms with Gasteiger partial charge in [-0.05, 0) is 160 Å². The van der Waals surface area contributed by atoms with Gasteiger partial charge in [-0.25, -0.2) is 0 Å². The highest BCUT2D eigenvalue weighted by Gasteiger charge is 2.49. The van der Waals surface area contributed by atoms with E-state index in [0.29, 0.717) is 0 Å². The molecule has 0 atom stereocenters. The lowest BCUT2D eigenvalue weighted by Crippen LogP contribution is -2.67. The average molecular weight is 1160 g/mol. The second-order valence-corrected chi connectivity index (χ2v) is 25.1. The predicted octanol–water partition coefficient (Wildman–Crippen LogP) is 14.8. The normalized spacial score (nSPS) is 13.3. The fourth-order valence-electron chi connectivity index (χ4n) is 14.6. The van der Waals surface area contributed by atoms with Crippen molar-refractivity contribution >= 4 is 161 Å². The third-order valence-electron chi connectivity index (χ3n) is 18.2. The SMILES string of the molecule is c1ccc(N(c2ccccc2)c2cc3c4c(c2)N(c2ccccc2)c2ccccc2B4c2cc4c(c(B5c6ccccc6Oc6ccccc65)c2S3)Sc2cc(N(c3ccccc3)c3ccccc3)cc3c2B4c2ccccc2N3c2ccccc2)cc1. The number of rotatable bonds is 9. The van der Waals surface area contributed by atoms with Gasteiger partial charge in [0.05, 0.1) is 0 Å². The first-order valence-corrected chi connectivity index (χ1v) is 31.8. The molecule has 410 valence electrons. The lowest BCUT2D eigenvalue weighted by atomic mass is 9.29. The van der Waals surface area contributed by atoms with Gasteiger partial charge in [-0.2, -0.15) is 0 Å². The molecule has 5 aliphatic heterocycles. The summed E-state index contributed by atoms with van der Waals surface area (Å²) < 4.78 is 6.98. The molecule has 0 fully saturated rings. The van der Waals surface area contributed by atoms with Gasteiger partial charge in [0.2, 0.25) is 13.4 Å². The smallest absolute Gasteiger partial charge is 0.253 e. The maximum absolute atomic E-state index is 6.98. The van der Waals surface area contributed by atoms with Gasteiger partial charge in [-0.3, -0.25) is 0 Å². The van der Waals surface area contributed by atoms with Crippen LogP contribution in [0.25, 0.3) is 0 Å². The Morgan fingerprint density at radius 1 is 0.261 bits per heavy atom. The number of fused-ring (bicyclic) bond motifs is 10. The lowest BCUT2D eigenvalue weighted by molar-refractivity contribution is 0.487. The van der Waals surface area contributed by atoms with Crippen LogP contribution in [-0.2, 0) is 0 Å². The van der Waals surface area contributed by atoms with Crippen molar-refractivity contribution < 1.29 is 4.74 Å². The van der Waals surface area contributed by atoms with Crippen LogP contribution < -0.4 is 73.5 Å². The monoisotopic (exact) mass is 1160 g/mol. The number of para-hydroxylation sites is 10. The van der Waals surface area contributed by atoms with Crippen molar-refractivity contribution in [1.29, 1.82) is 0 Å². The molecular formula is C78H51B3N4OS2. The van der Waals surface area contributed by atoms with E-state index in [1.807, 2.05) is 23.5 Å². The zero-order valence-electron chi connectivity index (χ0n) is 47.7. The van der Waals surface area contributed by atoms with E-state index >= 15 is 0 Å². The quantitative estimate of drug-likeness (QED) is 0.133. The van der Waals surface area contributed by atoms with E-state index in [-0.39, 0.29) is 20.1 Å². The minimum Gasteiger partial charge on any atom is -0.458 e. The molecule has 0 spiro atoms. The molecule has 0 saturated carbocycles. The fourth-order valence-corrected chi connectivity index (χ4v) is 17.4. The molecule has 88 heavy (non-hydrogen) atoms. The molecule has 0 N–H and O–H groups in total. The third-order valence-corrected chi connectivity index (χ3v) is 20.6. The van der Waals surface area contributed by atoms with Gasteiger partial charge >= 0.3 is 0 Å². The number of benzene rings is 13. The van der Waals surface area contributed by atoms with E-state index in [2.05, 4.69) is 329 Å². The third kappa shape index (κ3) is 8.02. The van der Waals surface area contributed by atoms with Gasteiger partial charge in [-0.15, -0.1) is 0 Å². The van der Waals surface area contributed by atoms with Crippen molar-refractivity contribution in [3.63, 3.8) is 0 Å².